The average Bonchev–Trinajstić information content (AvgIpc) is 2.78. The lowest BCUT2D eigenvalue weighted by Gasteiger charge is -2.16. The van der Waals surface area contributed by atoms with Gasteiger partial charge in [-0.05, 0) is 36.8 Å². The molecule has 0 unspecified atom stereocenters. The fraction of sp³-hybridized carbons (Fsp3) is 0.130. The molecule has 35 heavy (non-hydrogen) atoms. The van der Waals surface area contributed by atoms with Gasteiger partial charge in [-0.25, -0.2) is 9.59 Å². The topological polar surface area (TPSA) is 181 Å². The van der Waals surface area contributed by atoms with Gasteiger partial charge in [0.25, 0.3) is 11.5 Å². The molecule has 1 aromatic heterocycles. The summed E-state index contributed by atoms with van der Waals surface area (Å²) in [5.74, 6) is -3.98. The summed E-state index contributed by atoms with van der Waals surface area (Å²) >= 11 is 6.03. The van der Waals surface area contributed by atoms with E-state index < -0.39 is 52.5 Å². The van der Waals surface area contributed by atoms with E-state index in [1.54, 1.807) is 31.2 Å². The van der Waals surface area contributed by atoms with Gasteiger partial charge in [0, 0.05) is 5.56 Å². The standard InChI is InChI=1S/C23H20ClN3O8/c1-2-34-15-9-11(17-18(22(30)31)20(25)27-21(29)19(17)23(32)33)7-8-14(15)35-10-16(28)26-13-6-4-3-5-12(13)24/h3-9H,2,10H2,1H3,(H,26,28)(H,30,31)(H,32,33)(H3,25,27,29). The van der Waals surface area contributed by atoms with Crippen molar-refractivity contribution in [1.82, 2.24) is 4.98 Å². The number of rotatable bonds is 9. The van der Waals surface area contributed by atoms with E-state index in [1.807, 2.05) is 4.98 Å². The molecule has 11 nitrogen and oxygen atoms in total. The Morgan fingerprint density at radius 3 is 2.34 bits per heavy atom. The van der Waals surface area contributed by atoms with Gasteiger partial charge < -0.3 is 35.7 Å². The van der Waals surface area contributed by atoms with Crippen LogP contribution in [0.15, 0.2) is 47.3 Å². The Hall–Kier alpha value is -4.51. The molecule has 3 rings (SSSR count). The van der Waals surface area contributed by atoms with Crippen molar-refractivity contribution in [2.75, 3.05) is 24.3 Å². The fourth-order valence-electron chi connectivity index (χ4n) is 3.28. The number of carbonyl (C=O) groups excluding carboxylic acids is 1. The van der Waals surface area contributed by atoms with Crippen LogP contribution in [0, 0.1) is 0 Å². The van der Waals surface area contributed by atoms with Crippen LogP contribution >= 0.6 is 11.6 Å². The van der Waals surface area contributed by atoms with Crippen molar-refractivity contribution in [3.8, 4) is 22.6 Å². The summed E-state index contributed by atoms with van der Waals surface area (Å²) in [6.07, 6.45) is 0. The molecule has 1 amide bonds. The van der Waals surface area contributed by atoms with Crippen LogP contribution in [0.1, 0.15) is 27.6 Å². The van der Waals surface area contributed by atoms with Gasteiger partial charge in [-0.1, -0.05) is 29.8 Å². The van der Waals surface area contributed by atoms with E-state index in [-0.39, 0.29) is 23.7 Å². The van der Waals surface area contributed by atoms with Crippen molar-refractivity contribution in [1.29, 1.82) is 0 Å². The van der Waals surface area contributed by atoms with Crippen LogP contribution in [0.25, 0.3) is 11.1 Å². The minimum absolute atomic E-state index is 0.0360. The Balaban J connectivity index is 1.98. The molecule has 0 bridgehead atoms. The molecule has 0 saturated heterocycles. The van der Waals surface area contributed by atoms with Crippen LogP contribution in [-0.4, -0.2) is 46.3 Å². The molecule has 182 valence electrons. The molecule has 0 spiro atoms. The third kappa shape index (κ3) is 5.53. The molecule has 12 heteroatoms. The molecule has 3 aromatic rings. The number of benzene rings is 2. The lowest BCUT2D eigenvalue weighted by Crippen LogP contribution is -2.24. The number of nitrogen functional groups attached to an aromatic ring is 1. The van der Waals surface area contributed by atoms with E-state index in [1.165, 1.54) is 18.2 Å². The summed E-state index contributed by atoms with van der Waals surface area (Å²) in [5, 5.41) is 22.1. The van der Waals surface area contributed by atoms with Crippen LogP contribution in [0.5, 0.6) is 11.5 Å². The zero-order chi connectivity index (χ0) is 25.7. The summed E-state index contributed by atoms with van der Waals surface area (Å²) in [7, 11) is 0. The maximum Gasteiger partial charge on any atom is 0.342 e. The number of nitrogens with two attached hydrogens (primary N) is 1. The lowest BCUT2D eigenvalue weighted by atomic mass is 9.95. The Labute approximate surface area is 203 Å². The number of carboxylic acids is 2. The molecular weight excluding hydrogens is 482 g/mol. The second-order valence-electron chi connectivity index (χ2n) is 7.01. The number of nitrogens with one attached hydrogen (secondary N) is 2. The lowest BCUT2D eigenvalue weighted by molar-refractivity contribution is -0.118. The number of amides is 1. The maximum atomic E-state index is 12.3. The number of aromatic carboxylic acids is 2. The largest absolute Gasteiger partial charge is 0.490 e. The third-order valence-corrected chi connectivity index (χ3v) is 5.04. The van der Waals surface area contributed by atoms with Crippen LogP contribution in [0.4, 0.5) is 11.5 Å². The molecule has 0 radical (unpaired) electrons. The highest BCUT2D eigenvalue weighted by atomic mass is 35.5. The predicted octanol–water partition coefficient (Wildman–Crippen LogP) is 3.09. The number of pyridine rings is 1. The van der Waals surface area contributed by atoms with Gasteiger partial charge in [-0.15, -0.1) is 0 Å². The molecule has 2 aromatic carbocycles. The Morgan fingerprint density at radius 1 is 1.03 bits per heavy atom. The van der Waals surface area contributed by atoms with E-state index in [2.05, 4.69) is 5.32 Å². The predicted molar refractivity (Wildman–Crippen MR) is 128 cm³/mol. The minimum atomic E-state index is -1.64. The third-order valence-electron chi connectivity index (χ3n) is 4.71. The first kappa shape index (κ1) is 25.1. The molecule has 0 saturated carbocycles. The number of ether oxygens (including phenoxy) is 2. The van der Waals surface area contributed by atoms with Crippen molar-refractivity contribution >= 4 is 41.0 Å². The van der Waals surface area contributed by atoms with Crippen LogP contribution < -0.4 is 26.1 Å². The SMILES string of the molecule is CCOc1cc(-c2c(C(=O)O)c(N)[nH]c(=O)c2C(=O)O)ccc1OCC(=O)Nc1ccccc1Cl. The Morgan fingerprint density at radius 2 is 1.71 bits per heavy atom. The second kappa shape index (κ2) is 10.6. The number of anilines is 2. The van der Waals surface area contributed by atoms with Gasteiger partial charge >= 0.3 is 11.9 Å². The molecular formula is C23H20ClN3O8. The number of aromatic amines is 1. The summed E-state index contributed by atoms with van der Waals surface area (Å²) < 4.78 is 11.1. The highest BCUT2D eigenvalue weighted by Crippen LogP contribution is 2.36. The maximum absolute atomic E-state index is 12.3. The van der Waals surface area contributed by atoms with E-state index in [0.717, 1.165) is 0 Å². The quantitative estimate of drug-likeness (QED) is 0.294. The first-order valence-corrected chi connectivity index (χ1v) is 10.5. The van der Waals surface area contributed by atoms with Crippen molar-refractivity contribution < 1.29 is 34.1 Å². The number of para-hydroxylation sites is 1. The van der Waals surface area contributed by atoms with Gasteiger partial charge in [0.05, 0.1) is 17.3 Å². The number of H-pyrrole nitrogens is 1. The first-order valence-electron chi connectivity index (χ1n) is 10.1. The summed E-state index contributed by atoms with van der Waals surface area (Å²) in [4.78, 5) is 50.2. The van der Waals surface area contributed by atoms with Crippen LogP contribution in [0.2, 0.25) is 5.02 Å². The molecule has 0 aliphatic heterocycles. The van der Waals surface area contributed by atoms with Crippen LogP contribution in [-0.2, 0) is 4.79 Å². The van der Waals surface area contributed by atoms with Gasteiger partial charge in [0.15, 0.2) is 18.1 Å². The van der Waals surface area contributed by atoms with Crippen molar-refractivity contribution in [2.24, 2.45) is 0 Å². The highest BCUT2D eigenvalue weighted by Gasteiger charge is 2.27. The van der Waals surface area contributed by atoms with Crippen LogP contribution in [0.3, 0.4) is 0 Å². The number of carboxylic acid groups (broad SMARTS) is 2. The normalized spacial score (nSPS) is 10.5. The van der Waals surface area contributed by atoms with E-state index in [9.17, 15) is 29.4 Å². The average molecular weight is 502 g/mol. The molecule has 1 heterocycles. The Bertz CT molecular complexity index is 1370. The van der Waals surface area contributed by atoms with E-state index >= 15 is 0 Å². The summed E-state index contributed by atoms with van der Waals surface area (Å²) in [6, 6.07) is 10.6. The number of hydrogen-bond acceptors (Lipinski definition) is 7. The molecule has 0 fully saturated rings. The zero-order valence-electron chi connectivity index (χ0n) is 18.3. The summed E-state index contributed by atoms with van der Waals surface area (Å²) in [6.45, 7) is 1.43. The monoisotopic (exact) mass is 501 g/mol. The fourth-order valence-corrected chi connectivity index (χ4v) is 3.46. The van der Waals surface area contributed by atoms with Gasteiger partial charge in [0.1, 0.15) is 16.9 Å². The van der Waals surface area contributed by atoms with Crippen molar-refractivity contribution in [3.63, 3.8) is 0 Å². The molecule has 0 aliphatic rings. The molecule has 6 N–H and O–H groups in total. The number of halogens is 1. The highest BCUT2D eigenvalue weighted by molar-refractivity contribution is 6.33. The van der Waals surface area contributed by atoms with E-state index in [4.69, 9.17) is 26.8 Å². The summed E-state index contributed by atoms with van der Waals surface area (Å²) in [5.41, 5.74) is 3.26. The Kier molecular flexibility index (Phi) is 7.62. The molecule has 0 aliphatic carbocycles. The van der Waals surface area contributed by atoms with E-state index in [0.29, 0.717) is 10.7 Å². The van der Waals surface area contributed by atoms with Crippen molar-refractivity contribution in [2.45, 2.75) is 6.92 Å². The number of carbonyl (C=O) groups is 3. The first-order chi connectivity index (χ1) is 16.6. The number of aromatic nitrogens is 1. The van der Waals surface area contributed by atoms with Gasteiger partial charge in [-0.3, -0.25) is 9.59 Å². The van der Waals surface area contributed by atoms with Gasteiger partial charge in [0.2, 0.25) is 0 Å². The zero-order valence-corrected chi connectivity index (χ0v) is 19.0. The van der Waals surface area contributed by atoms with Crippen molar-refractivity contribution in [3.05, 3.63) is 69.0 Å². The smallest absolute Gasteiger partial charge is 0.342 e. The number of hydrogen-bond donors (Lipinski definition) is 5. The molecule has 0 atom stereocenters. The van der Waals surface area contributed by atoms with Gasteiger partial charge in [-0.2, -0.15) is 0 Å². The minimum Gasteiger partial charge on any atom is -0.490 e. The second-order valence-corrected chi connectivity index (χ2v) is 7.42.